The fourth-order valence-electron chi connectivity index (χ4n) is 6.02. The fraction of sp³-hybridized carbons (Fsp3) is 0.281. The summed E-state index contributed by atoms with van der Waals surface area (Å²) in [7, 11) is 0. The molecule has 0 amide bonds. The van der Waals surface area contributed by atoms with Crippen LogP contribution in [0.3, 0.4) is 0 Å². The number of nitrogens with zero attached hydrogens (tertiary/aromatic N) is 8. The molecule has 5 heterocycles. The van der Waals surface area contributed by atoms with Gasteiger partial charge in [-0.05, 0) is 65.4 Å². The molecule has 13 heteroatoms. The first kappa shape index (κ1) is 28.9. The van der Waals surface area contributed by atoms with Crippen LogP contribution in [0.1, 0.15) is 30.0 Å². The average Bonchev–Trinajstić information content (AvgIpc) is 3.53. The van der Waals surface area contributed by atoms with Crippen molar-refractivity contribution in [3.63, 3.8) is 0 Å². The first-order chi connectivity index (χ1) is 21.6. The Morgan fingerprint density at radius 2 is 1.53 bits per heavy atom. The Labute approximate surface area is 256 Å². The van der Waals surface area contributed by atoms with Crippen molar-refractivity contribution in [2.75, 3.05) is 36.0 Å². The SMILES string of the molecule is CC(O)c1ccc(N2CCN(c3ccc(-c4ccc(C(F)(F)[C@]5(O)Cn6nnnc6-c6cc(F)ccc65)nc4)cc3)CC2)cn1. The van der Waals surface area contributed by atoms with Crippen molar-refractivity contribution < 1.29 is 23.4 Å². The summed E-state index contributed by atoms with van der Waals surface area (Å²) in [5.74, 6) is -4.42. The van der Waals surface area contributed by atoms with Crippen LogP contribution < -0.4 is 9.80 Å². The molecule has 230 valence electrons. The molecule has 3 aromatic heterocycles. The number of benzene rings is 2. The molecule has 0 bridgehead atoms. The van der Waals surface area contributed by atoms with Gasteiger partial charge in [0.2, 0.25) is 0 Å². The average molecular weight is 615 g/mol. The standard InChI is InChI=1S/C32H29F3N8O2/c1-20(44)28-10-8-25(18-36-28)42-14-12-41(13-15-42)24-6-2-21(3-7-24)22-4-11-29(37-17-22)32(34,35)31(45)19-43-30(38-39-40-43)26-16-23(33)5-9-27(26)31/h2-11,16-18,20,44-45H,12-15,19H2,1H3/t20?,31-/m0/s1. The molecule has 45 heavy (non-hydrogen) atoms. The largest absolute Gasteiger partial charge is 0.387 e. The highest BCUT2D eigenvalue weighted by atomic mass is 19.3. The highest BCUT2D eigenvalue weighted by Gasteiger charge is 2.59. The van der Waals surface area contributed by atoms with Crippen molar-refractivity contribution in [1.29, 1.82) is 0 Å². The number of tetrazole rings is 1. The van der Waals surface area contributed by atoms with Crippen LogP contribution in [0.25, 0.3) is 22.5 Å². The third kappa shape index (κ3) is 4.97. The molecular formula is C32H29F3N8O2. The zero-order valence-electron chi connectivity index (χ0n) is 24.2. The number of alkyl halides is 2. The first-order valence-electron chi connectivity index (χ1n) is 14.5. The Balaban J connectivity index is 1.05. The number of aromatic nitrogens is 6. The summed E-state index contributed by atoms with van der Waals surface area (Å²) in [6.45, 7) is 4.32. The second-order valence-corrected chi connectivity index (χ2v) is 11.4. The summed E-state index contributed by atoms with van der Waals surface area (Å²) < 4.78 is 47.2. The molecule has 1 unspecified atom stereocenters. The number of hydrogen-bond donors (Lipinski definition) is 2. The maximum Gasteiger partial charge on any atom is 0.323 e. The van der Waals surface area contributed by atoms with Crippen LogP contribution in [-0.4, -0.2) is 66.6 Å². The predicted octanol–water partition coefficient (Wildman–Crippen LogP) is 4.31. The van der Waals surface area contributed by atoms with Gasteiger partial charge in [-0.2, -0.15) is 8.78 Å². The molecule has 0 saturated carbocycles. The number of halogens is 3. The van der Waals surface area contributed by atoms with E-state index in [1.165, 1.54) is 12.3 Å². The van der Waals surface area contributed by atoms with Crippen LogP contribution in [0.2, 0.25) is 0 Å². The maximum absolute atomic E-state index is 16.1. The molecule has 10 nitrogen and oxygen atoms in total. The molecule has 0 aliphatic carbocycles. The van der Waals surface area contributed by atoms with Gasteiger partial charge in [0.15, 0.2) is 11.4 Å². The van der Waals surface area contributed by atoms with Crippen molar-refractivity contribution in [3.8, 4) is 22.5 Å². The van der Waals surface area contributed by atoms with Crippen molar-refractivity contribution in [2.24, 2.45) is 0 Å². The van der Waals surface area contributed by atoms with E-state index in [0.717, 1.165) is 66.0 Å². The van der Waals surface area contributed by atoms with Gasteiger partial charge in [0, 0.05) is 54.8 Å². The molecular weight excluding hydrogens is 585 g/mol. The minimum absolute atomic E-state index is 0.00470. The summed E-state index contributed by atoms with van der Waals surface area (Å²) in [4.78, 5) is 13.0. The van der Waals surface area contributed by atoms with Crippen molar-refractivity contribution >= 4 is 11.4 Å². The summed E-state index contributed by atoms with van der Waals surface area (Å²) in [5.41, 5.74) is 0.574. The molecule has 2 aliphatic heterocycles. The monoisotopic (exact) mass is 614 g/mol. The van der Waals surface area contributed by atoms with E-state index in [1.807, 2.05) is 36.4 Å². The van der Waals surface area contributed by atoms with Crippen LogP contribution in [0, 0.1) is 5.82 Å². The quantitative estimate of drug-likeness (QED) is 0.289. The highest BCUT2D eigenvalue weighted by molar-refractivity contribution is 5.67. The van der Waals surface area contributed by atoms with E-state index in [1.54, 1.807) is 19.2 Å². The molecule has 2 aliphatic rings. The summed E-state index contributed by atoms with van der Waals surface area (Å²) in [6, 6.07) is 17.6. The third-order valence-corrected chi connectivity index (χ3v) is 8.59. The van der Waals surface area contributed by atoms with E-state index < -0.39 is 35.7 Å². The number of rotatable bonds is 6. The zero-order chi connectivity index (χ0) is 31.3. The van der Waals surface area contributed by atoms with Crippen molar-refractivity contribution in [3.05, 3.63) is 102 Å². The van der Waals surface area contributed by atoms with Crippen LogP contribution in [0.15, 0.2) is 79.1 Å². The smallest absolute Gasteiger partial charge is 0.323 e. The second-order valence-electron chi connectivity index (χ2n) is 11.4. The lowest BCUT2D eigenvalue weighted by Gasteiger charge is -2.39. The number of hydrogen-bond acceptors (Lipinski definition) is 9. The molecule has 7 rings (SSSR count). The van der Waals surface area contributed by atoms with Gasteiger partial charge in [-0.1, -0.05) is 24.3 Å². The first-order valence-corrected chi connectivity index (χ1v) is 14.5. The molecule has 1 fully saturated rings. The lowest BCUT2D eigenvalue weighted by atomic mass is 9.80. The van der Waals surface area contributed by atoms with Crippen LogP contribution in [-0.2, 0) is 18.1 Å². The number of aliphatic hydroxyl groups is 2. The lowest BCUT2D eigenvalue weighted by Crippen LogP contribution is -2.49. The molecule has 5 aromatic rings. The minimum Gasteiger partial charge on any atom is -0.387 e. The van der Waals surface area contributed by atoms with E-state index in [0.29, 0.717) is 11.3 Å². The van der Waals surface area contributed by atoms with Crippen LogP contribution in [0.4, 0.5) is 24.5 Å². The summed E-state index contributed by atoms with van der Waals surface area (Å²) in [5, 5.41) is 32.2. The van der Waals surface area contributed by atoms with E-state index in [4.69, 9.17) is 0 Å². The van der Waals surface area contributed by atoms with Crippen LogP contribution >= 0.6 is 0 Å². The molecule has 2 aromatic carbocycles. The van der Waals surface area contributed by atoms with Crippen LogP contribution in [0.5, 0.6) is 0 Å². The van der Waals surface area contributed by atoms with E-state index in [2.05, 4.69) is 35.3 Å². The van der Waals surface area contributed by atoms with Crippen molar-refractivity contribution in [2.45, 2.75) is 31.1 Å². The van der Waals surface area contributed by atoms with Crippen molar-refractivity contribution in [1.82, 2.24) is 30.2 Å². The number of aliphatic hydroxyl groups excluding tert-OH is 1. The highest BCUT2D eigenvalue weighted by Crippen LogP contribution is 2.50. The minimum atomic E-state index is -3.86. The zero-order valence-corrected chi connectivity index (χ0v) is 24.2. The van der Waals surface area contributed by atoms with E-state index in [-0.39, 0.29) is 17.0 Å². The van der Waals surface area contributed by atoms with E-state index in [9.17, 15) is 14.6 Å². The molecule has 0 radical (unpaired) electrons. The topological polar surface area (TPSA) is 116 Å². The Bertz CT molecular complexity index is 1820. The molecule has 2 N–H and O–H groups in total. The van der Waals surface area contributed by atoms with Gasteiger partial charge in [0.25, 0.3) is 0 Å². The Morgan fingerprint density at radius 3 is 2.18 bits per heavy atom. The third-order valence-electron chi connectivity index (χ3n) is 8.59. The normalized spacial score (nSPS) is 18.8. The second kappa shape index (κ2) is 10.9. The number of piperazine rings is 1. The Kier molecular flexibility index (Phi) is 7.01. The van der Waals surface area contributed by atoms with Gasteiger partial charge < -0.3 is 20.0 Å². The molecule has 0 spiro atoms. The van der Waals surface area contributed by atoms with Gasteiger partial charge in [-0.3, -0.25) is 9.97 Å². The van der Waals surface area contributed by atoms with Gasteiger partial charge in [0.1, 0.15) is 11.5 Å². The summed E-state index contributed by atoms with van der Waals surface area (Å²) in [6.07, 6.45) is 2.55. The number of fused-ring (bicyclic) bond motifs is 3. The van der Waals surface area contributed by atoms with Gasteiger partial charge >= 0.3 is 5.92 Å². The van der Waals surface area contributed by atoms with Gasteiger partial charge in [0.05, 0.1) is 30.2 Å². The Morgan fingerprint density at radius 1 is 0.844 bits per heavy atom. The fourth-order valence-corrected chi connectivity index (χ4v) is 6.02. The number of pyridine rings is 2. The van der Waals surface area contributed by atoms with E-state index >= 15 is 8.78 Å². The van der Waals surface area contributed by atoms with Gasteiger partial charge in [-0.25, -0.2) is 9.07 Å². The maximum atomic E-state index is 16.1. The number of anilines is 2. The summed E-state index contributed by atoms with van der Waals surface area (Å²) >= 11 is 0. The van der Waals surface area contributed by atoms with Gasteiger partial charge in [-0.15, -0.1) is 5.10 Å². The molecule has 2 atom stereocenters. The molecule has 1 saturated heterocycles. The lowest BCUT2D eigenvalue weighted by molar-refractivity contribution is -0.207. The Hall–Kier alpha value is -4.88. The predicted molar refractivity (Wildman–Crippen MR) is 160 cm³/mol.